The highest BCUT2D eigenvalue weighted by Gasteiger charge is 1.80. The molecule has 4 heteroatoms. The summed E-state index contributed by atoms with van der Waals surface area (Å²) in [5, 5.41) is 3.45. The third-order valence-corrected chi connectivity index (χ3v) is 1.06. The lowest BCUT2D eigenvalue weighted by molar-refractivity contribution is 0.249. The molecule has 0 rings (SSSR count). The SMILES string of the molecule is CCCCC#C/C=N/NC(N)=O. The number of nitrogens with one attached hydrogen (secondary N) is 1. The van der Waals surface area contributed by atoms with Gasteiger partial charge in [0.15, 0.2) is 0 Å². The number of unbranched alkanes of at least 4 members (excludes halogenated alkanes) is 2. The minimum atomic E-state index is -0.679. The van der Waals surface area contributed by atoms with Gasteiger partial charge in [0.25, 0.3) is 0 Å². The topological polar surface area (TPSA) is 67.5 Å². The van der Waals surface area contributed by atoms with E-state index in [2.05, 4.69) is 23.9 Å². The molecule has 0 saturated carbocycles. The molecule has 0 aromatic heterocycles. The summed E-state index contributed by atoms with van der Waals surface area (Å²) < 4.78 is 0. The smallest absolute Gasteiger partial charge is 0.332 e. The van der Waals surface area contributed by atoms with E-state index in [-0.39, 0.29) is 0 Å². The highest BCUT2D eigenvalue weighted by molar-refractivity contribution is 5.80. The number of amides is 2. The molecule has 0 unspecified atom stereocenters. The Morgan fingerprint density at radius 3 is 3.08 bits per heavy atom. The van der Waals surface area contributed by atoms with E-state index in [4.69, 9.17) is 5.73 Å². The van der Waals surface area contributed by atoms with E-state index in [0.29, 0.717) is 0 Å². The van der Waals surface area contributed by atoms with Crippen LogP contribution >= 0.6 is 0 Å². The van der Waals surface area contributed by atoms with E-state index in [0.717, 1.165) is 19.3 Å². The van der Waals surface area contributed by atoms with Crippen molar-refractivity contribution >= 4 is 12.2 Å². The van der Waals surface area contributed by atoms with Gasteiger partial charge < -0.3 is 5.73 Å². The lowest BCUT2D eigenvalue weighted by Gasteiger charge is -1.85. The van der Waals surface area contributed by atoms with Crippen LogP contribution < -0.4 is 11.2 Å². The van der Waals surface area contributed by atoms with E-state index >= 15 is 0 Å². The van der Waals surface area contributed by atoms with Gasteiger partial charge in [-0.3, -0.25) is 0 Å². The van der Waals surface area contributed by atoms with Gasteiger partial charge >= 0.3 is 6.03 Å². The molecule has 0 aliphatic heterocycles. The van der Waals surface area contributed by atoms with Crippen LogP contribution in [0.2, 0.25) is 0 Å². The van der Waals surface area contributed by atoms with Crippen LogP contribution in [0.1, 0.15) is 26.2 Å². The molecule has 3 N–H and O–H groups in total. The second-order valence-electron chi connectivity index (χ2n) is 2.16. The van der Waals surface area contributed by atoms with Gasteiger partial charge in [0.1, 0.15) is 0 Å². The van der Waals surface area contributed by atoms with Gasteiger partial charge in [-0.05, 0) is 6.42 Å². The molecule has 66 valence electrons. The number of hydrogen-bond donors (Lipinski definition) is 2. The molecule has 0 bridgehead atoms. The Labute approximate surface area is 72.2 Å². The van der Waals surface area contributed by atoms with Crippen molar-refractivity contribution in [3.05, 3.63) is 0 Å². The molecule has 0 spiro atoms. The molecule has 0 aromatic rings. The number of urea groups is 1. The lowest BCUT2D eigenvalue weighted by atomic mass is 10.2. The predicted octanol–water partition coefficient (Wildman–Crippen LogP) is 0.834. The summed E-state index contributed by atoms with van der Waals surface area (Å²) >= 11 is 0. The van der Waals surface area contributed by atoms with Crippen molar-refractivity contribution in [2.75, 3.05) is 0 Å². The molecular weight excluding hydrogens is 154 g/mol. The summed E-state index contributed by atoms with van der Waals surface area (Å²) in [4.78, 5) is 10.1. The predicted molar refractivity (Wildman–Crippen MR) is 48.5 cm³/mol. The molecule has 0 aliphatic carbocycles. The second kappa shape index (κ2) is 7.61. The number of carbonyl (C=O) groups is 1. The minimum Gasteiger partial charge on any atom is -0.350 e. The van der Waals surface area contributed by atoms with Gasteiger partial charge in [0.05, 0.1) is 6.21 Å². The van der Waals surface area contributed by atoms with Gasteiger partial charge in [0, 0.05) is 6.42 Å². The van der Waals surface area contributed by atoms with Crippen LogP contribution in [-0.4, -0.2) is 12.2 Å². The van der Waals surface area contributed by atoms with Gasteiger partial charge in [0.2, 0.25) is 0 Å². The van der Waals surface area contributed by atoms with Gasteiger partial charge in [-0.2, -0.15) is 5.10 Å². The van der Waals surface area contributed by atoms with Crippen LogP contribution in [0.25, 0.3) is 0 Å². The third-order valence-electron chi connectivity index (χ3n) is 1.06. The number of nitrogens with zero attached hydrogens (tertiary/aromatic N) is 1. The fraction of sp³-hybridized carbons (Fsp3) is 0.500. The summed E-state index contributed by atoms with van der Waals surface area (Å²) in [6.45, 7) is 2.10. The maximum absolute atomic E-state index is 10.1. The van der Waals surface area contributed by atoms with Gasteiger partial charge in [-0.1, -0.05) is 25.2 Å². The summed E-state index contributed by atoms with van der Waals surface area (Å²) in [5.74, 6) is 5.53. The van der Waals surface area contributed by atoms with E-state index in [1.54, 1.807) is 0 Å². The molecule has 0 aromatic carbocycles. The fourth-order valence-electron chi connectivity index (χ4n) is 0.511. The summed E-state index contributed by atoms with van der Waals surface area (Å²) in [5.41, 5.74) is 6.79. The molecule has 12 heavy (non-hydrogen) atoms. The molecule has 0 atom stereocenters. The van der Waals surface area contributed by atoms with Crippen molar-refractivity contribution in [3.8, 4) is 11.8 Å². The van der Waals surface area contributed by atoms with Gasteiger partial charge in [-0.25, -0.2) is 10.2 Å². The zero-order chi connectivity index (χ0) is 9.23. The Balaban J connectivity index is 3.42. The van der Waals surface area contributed by atoms with Crippen molar-refractivity contribution in [1.82, 2.24) is 5.43 Å². The first-order chi connectivity index (χ1) is 5.77. The van der Waals surface area contributed by atoms with E-state index in [9.17, 15) is 4.79 Å². The molecule has 0 aliphatic rings. The summed E-state index contributed by atoms with van der Waals surface area (Å²) in [7, 11) is 0. The third kappa shape index (κ3) is 8.50. The molecule has 0 fully saturated rings. The maximum atomic E-state index is 10.1. The first-order valence-corrected chi connectivity index (χ1v) is 3.82. The number of rotatable bonds is 3. The van der Waals surface area contributed by atoms with Crippen molar-refractivity contribution in [3.63, 3.8) is 0 Å². The Hall–Kier alpha value is -1.50. The van der Waals surface area contributed by atoms with Crippen LogP contribution in [0, 0.1) is 11.8 Å². The van der Waals surface area contributed by atoms with Gasteiger partial charge in [-0.15, -0.1) is 0 Å². The Kier molecular flexibility index (Phi) is 6.65. The van der Waals surface area contributed by atoms with E-state index in [1.165, 1.54) is 6.21 Å². The fourth-order valence-corrected chi connectivity index (χ4v) is 0.511. The molecule has 0 saturated heterocycles. The number of hydrogen-bond acceptors (Lipinski definition) is 2. The zero-order valence-corrected chi connectivity index (χ0v) is 7.13. The largest absolute Gasteiger partial charge is 0.350 e. The molecule has 2 amide bonds. The van der Waals surface area contributed by atoms with E-state index < -0.39 is 6.03 Å². The quantitative estimate of drug-likeness (QED) is 0.278. The number of nitrogens with two attached hydrogens (primary N) is 1. The van der Waals surface area contributed by atoms with Crippen LogP contribution in [0.4, 0.5) is 4.79 Å². The second-order valence-corrected chi connectivity index (χ2v) is 2.16. The normalized spacial score (nSPS) is 9.08. The van der Waals surface area contributed by atoms with E-state index in [1.807, 2.05) is 5.43 Å². The zero-order valence-electron chi connectivity index (χ0n) is 7.13. The average molecular weight is 167 g/mol. The number of primary amides is 1. The molecule has 0 radical (unpaired) electrons. The molecular formula is C8H13N3O. The maximum Gasteiger partial charge on any atom is 0.332 e. The Morgan fingerprint density at radius 1 is 1.75 bits per heavy atom. The van der Waals surface area contributed by atoms with Crippen LogP contribution in [0.5, 0.6) is 0 Å². The Bertz CT molecular complexity index is 212. The highest BCUT2D eigenvalue weighted by Crippen LogP contribution is 1.89. The van der Waals surface area contributed by atoms with Crippen molar-refractivity contribution in [2.24, 2.45) is 10.8 Å². The Morgan fingerprint density at radius 2 is 2.50 bits per heavy atom. The van der Waals surface area contributed by atoms with Crippen molar-refractivity contribution in [1.29, 1.82) is 0 Å². The van der Waals surface area contributed by atoms with Crippen LogP contribution in [0.15, 0.2) is 5.10 Å². The van der Waals surface area contributed by atoms with Crippen LogP contribution in [-0.2, 0) is 0 Å². The monoisotopic (exact) mass is 167 g/mol. The van der Waals surface area contributed by atoms with Crippen molar-refractivity contribution in [2.45, 2.75) is 26.2 Å². The summed E-state index contributed by atoms with van der Waals surface area (Å²) in [6.07, 6.45) is 4.40. The number of carbonyl (C=O) groups excluding carboxylic acids is 1. The van der Waals surface area contributed by atoms with Crippen LogP contribution in [0.3, 0.4) is 0 Å². The first kappa shape index (κ1) is 10.5. The van der Waals surface area contributed by atoms with Crippen molar-refractivity contribution < 1.29 is 4.79 Å². The molecule has 0 heterocycles. The standard InChI is InChI=1S/C8H13N3O/c1-2-3-4-5-6-7-10-11-8(9)12/h7H,2-4H2,1H3,(H3,9,11,12)/b10-7+. The number of hydrazone groups is 1. The lowest BCUT2D eigenvalue weighted by Crippen LogP contribution is -2.24. The molecule has 4 nitrogen and oxygen atoms in total. The average Bonchev–Trinajstić information content (AvgIpc) is 2.02. The minimum absolute atomic E-state index is 0.679. The summed E-state index contributed by atoms with van der Waals surface area (Å²) in [6, 6.07) is -0.679. The highest BCUT2D eigenvalue weighted by atomic mass is 16.2. The first-order valence-electron chi connectivity index (χ1n) is 3.82.